The lowest BCUT2D eigenvalue weighted by Gasteiger charge is -2.34. The quantitative estimate of drug-likeness (QED) is 0.856. The van der Waals surface area contributed by atoms with Crippen LogP contribution in [0, 0.1) is 0 Å². The van der Waals surface area contributed by atoms with Gasteiger partial charge in [0.25, 0.3) is 12.3 Å². The number of alkyl halides is 2. The van der Waals surface area contributed by atoms with Crippen molar-refractivity contribution in [2.75, 3.05) is 19.7 Å². The molecule has 2 atom stereocenters. The van der Waals surface area contributed by atoms with E-state index in [1.165, 1.54) is 18.3 Å². The first kappa shape index (κ1) is 16.0. The zero-order valence-corrected chi connectivity index (χ0v) is 12.8. The molecule has 1 saturated heterocycles. The zero-order valence-electron chi connectivity index (χ0n) is 12.0. The molecule has 0 unspecified atom stereocenters. The first-order valence-electron chi connectivity index (χ1n) is 6.77. The number of ether oxygens (including phenoxy) is 1. The topological polar surface area (TPSA) is 42.4 Å². The van der Waals surface area contributed by atoms with E-state index in [2.05, 4.69) is 18.8 Å². The van der Waals surface area contributed by atoms with Crippen molar-refractivity contribution in [3.63, 3.8) is 0 Å². The molecule has 21 heavy (non-hydrogen) atoms. The van der Waals surface area contributed by atoms with E-state index < -0.39 is 13.0 Å². The molecule has 4 nitrogen and oxygen atoms in total. The molecule has 2 heterocycles. The van der Waals surface area contributed by atoms with Crippen LogP contribution in [0.2, 0.25) is 0 Å². The van der Waals surface area contributed by atoms with Gasteiger partial charge in [-0.1, -0.05) is 13.8 Å². The van der Waals surface area contributed by atoms with Crippen LogP contribution in [0.4, 0.5) is 8.78 Å². The van der Waals surface area contributed by atoms with Crippen molar-refractivity contribution in [3.8, 4) is 5.75 Å². The largest absolute Gasteiger partial charge is 0.488 e. The van der Waals surface area contributed by atoms with Gasteiger partial charge in [-0.2, -0.15) is 11.8 Å². The average molecular weight is 316 g/mol. The van der Waals surface area contributed by atoms with Gasteiger partial charge in [0.1, 0.15) is 18.1 Å². The second kappa shape index (κ2) is 7.06. The van der Waals surface area contributed by atoms with E-state index >= 15 is 0 Å². The fraction of sp³-hybridized carbons (Fsp3) is 0.571. The highest BCUT2D eigenvalue weighted by Crippen LogP contribution is 2.25. The van der Waals surface area contributed by atoms with Gasteiger partial charge in [0.2, 0.25) is 0 Å². The number of nitrogens with zero attached hydrogens (tertiary/aromatic N) is 2. The summed E-state index contributed by atoms with van der Waals surface area (Å²) < 4.78 is 29.2. The lowest BCUT2D eigenvalue weighted by atomic mass is 10.2. The Morgan fingerprint density at radius 2 is 2.14 bits per heavy atom. The number of aromatic nitrogens is 1. The molecule has 1 amide bonds. The van der Waals surface area contributed by atoms with E-state index in [9.17, 15) is 13.6 Å². The molecular formula is C14H18F2N2O2S. The third-order valence-electron chi connectivity index (χ3n) is 3.03. The van der Waals surface area contributed by atoms with Crippen LogP contribution in [0.3, 0.4) is 0 Å². The standard InChI is InChI=1S/C14H18F2N2O2S/c1-9-6-18(7-10(2)21-9)14(19)12-5-11(3-4-17-12)20-8-13(15)16/h3-5,9-10,13H,6-8H2,1-2H3/t9-,10-/m1/s1. The van der Waals surface area contributed by atoms with Gasteiger partial charge in [0.05, 0.1) is 0 Å². The van der Waals surface area contributed by atoms with E-state index in [-0.39, 0.29) is 17.4 Å². The highest BCUT2D eigenvalue weighted by atomic mass is 32.2. The Labute approximate surface area is 126 Å². The molecule has 0 N–H and O–H groups in total. The van der Waals surface area contributed by atoms with Crippen molar-refractivity contribution < 1.29 is 18.3 Å². The molecule has 0 spiro atoms. The van der Waals surface area contributed by atoms with E-state index in [1.807, 2.05) is 11.8 Å². The Hall–Kier alpha value is -1.37. The van der Waals surface area contributed by atoms with Crippen molar-refractivity contribution in [2.45, 2.75) is 30.8 Å². The summed E-state index contributed by atoms with van der Waals surface area (Å²) in [5.41, 5.74) is 0.230. The van der Waals surface area contributed by atoms with Gasteiger partial charge in [-0.15, -0.1) is 0 Å². The molecule has 0 radical (unpaired) electrons. The number of rotatable bonds is 4. The van der Waals surface area contributed by atoms with Crippen molar-refractivity contribution in [1.82, 2.24) is 9.88 Å². The van der Waals surface area contributed by atoms with Gasteiger partial charge in [0, 0.05) is 35.9 Å². The Kier molecular flexibility index (Phi) is 5.39. The average Bonchev–Trinajstić information content (AvgIpc) is 2.43. The third kappa shape index (κ3) is 4.56. The minimum Gasteiger partial charge on any atom is -0.488 e. The summed E-state index contributed by atoms with van der Waals surface area (Å²) in [6.45, 7) is 4.80. The summed E-state index contributed by atoms with van der Waals surface area (Å²) in [6.07, 6.45) is -1.14. The minimum atomic E-state index is -2.54. The number of carbonyl (C=O) groups excluding carboxylic acids is 1. The summed E-state index contributed by atoms with van der Waals surface area (Å²) in [6, 6.07) is 2.89. The summed E-state index contributed by atoms with van der Waals surface area (Å²) in [4.78, 5) is 18.2. The van der Waals surface area contributed by atoms with Gasteiger partial charge in [-0.3, -0.25) is 9.78 Å². The number of hydrogen-bond acceptors (Lipinski definition) is 4. The Bertz CT molecular complexity index is 492. The van der Waals surface area contributed by atoms with Crippen LogP contribution in [-0.2, 0) is 0 Å². The molecular weight excluding hydrogens is 298 g/mol. The molecule has 1 aromatic heterocycles. The summed E-state index contributed by atoms with van der Waals surface area (Å²) in [5, 5.41) is 0.743. The molecule has 0 saturated carbocycles. The van der Waals surface area contributed by atoms with E-state index in [0.29, 0.717) is 23.6 Å². The van der Waals surface area contributed by atoms with Crippen LogP contribution in [0.1, 0.15) is 24.3 Å². The Balaban J connectivity index is 2.06. The maximum atomic E-state index is 12.4. The minimum absolute atomic E-state index is 0.184. The smallest absolute Gasteiger partial charge is 0.272 e. The predicted molar refractivity (Wildman–Crippen MR) is 78.2 cm³/mol. The first-order chi connectivity index (χ1) is 9.95. The number of pyridine rings is 1. The maximum absolute atomic E-state index is 12.4. The molecule has 1 fully saturated rings. The monoisotopic (exact) mass is 316 g/mol. The molecule has 1 aromatic rings. The van der Waals surface area contributed by atoms with Gasteiger partial charge < -0.3 is 9.64 Å². The van der Waals surface area contributed by atoms with E-state index in [1.54, 1.807) is 4.90 Å². The van der Waals surface area contributed by atoms with Crippen LogP contribution >= 0.6 is 11.8 Å². The van der Waals surface area contributed by atoms with Crippen LogP contribution in [-0.4, -0.2) is 52.4 Å². The first-order valence-corrected chi connectivity index (χ1v) is 7.71. The lowest BCUT2D eigenvalue weighted by Crippen LogP contribution is -2.44. The molecule has 2 rings (SSSR count). The summed E-state index contributed by atoms with van der Waals surface area (Å²) >= 11 is 1.85. The number of halogens is 2. The highest BCUT2D eigenvalue weighted by Gasteiger charge is 2.27. The number of carbonyl (C=O) groups is 1. The lowest BCUT2D eigenvalue weighted by molar-refractivity contribution is 0.0744. The molecule has 1 aliphatic rings. The van der Waals surface area contributed by atoms with Crippen molar-refractivity contribution in [2.24, 2.45) is 0 Å². The number of thioether (sulfide) groups is 1. The van der Waals surface area contributed by atoms with Crippen molar-refractivity contribution >= 4 is 17.7 Å². The van der Waals surface area contributed by atoms with Crippen LogP contribution in [0.15, 0.2) is 18.3 Å². The van der Waals surface area contributed by atoms with Gasteiger partial charge >= 0.3 is 0 Å². The fourth-order valence-corrected chi connectivity index (χ4v) is 3.61. The SMILES string of the molecule is C[C@@H]1CN(C(=O)c2cc(OCC(F)F)ccn2)C[C@@H](C)S1. The maximum Gasteiger partial charge on any atom is 0.272 e. The van der Waals surface area contributed by atoms with Gasteiger partial charge in [-0.05, 0) is 6.07 Å². The number of amides is 1. The number of hydrogen-bond donors (Lipinski definition) is 0. The predicted octanol–water partition coefficient (Wildman–Crippen LogP) is 2.69. The molecule has 0 aliphatic carbocycles. The highest BCUT2D eigenvalue weighted by molar-refractivity contribution is 8.00. The van der Waals surface area contributed by atoms with Gasteiger partial charge in [0.15, 0.2) is 0 Å². The van der Waals surface area contributed by atoms with Crippen LogP contribution < -0.4 is 4.74 Å². The third-order valence-corrected chi connectivity index (χ3v) is 4.26. The van der Waals surface area contributed by atoms with Crippen molar-refractivity contribution in [1.29, 1.82) is 0 Å². The van der Waals surface area contributed by atoms with E-state index in [0.717, 1.165) is 0 Å². The normalized spacial score (nSPS) is 22.4. The summed E-state index contributed by atoms with van der Waals surface area (Å²) in [7, 11) is 0. The fourth-order valence-electron chi connectivity index (χ4n) is 2.28. The van der Waals surface area contributed by atoms with Crippen LogP contribution in [0.5, 0.6) is 5.75 Å². The molecule has 116 valence electrons. The second-order valence-corrected chi connectivity index (χ2v) is 6.93. The van der Waals surface area contributed by atoms with E-state index in [4.69, 9.17) is 4.74 Å². The summed E-state index contributed by atoms with van der Waals surface area (Å²) in [5.74, 6) is 0.0534. The van der Waals surface area contributed by atoms with Crippen molar-refractivity contribution in [3.05, 3.63) is 24.0 Å². The second-order valence-electron chi connectivity index (χ2n) is 5.05. The Morgan fingerprint density at radius 3 is 2.76 bits per heavy atom. The zero-order chi connectivity index (χ0) is 15.4. The molecule has 0 bridgehead atoms. The molecule has 1 aliphatic heterocycles. The Morgan fingerprint density at radius 1 is 1.48 bits per heavy atom. The van der Waals surface area contributed by atoms with Gasteiger partial charge in [-0.25, -0.2) is 8.78 Å². The molecule has 7 heteroatoms. The molecule has 0 aromatic carbocycles. The van der Waals surface area contributed by atoms with Crippen LogP contribution in [0.25, 0.3) is 0 Å².